The van der Waals surface area contributed by atoms with Gasteiger partial charge < -0.3 is 5.32 Å². The second-order valence-electron chi connectivity index (χ2n) is 4.24. The van der Waals surface area contributed by atoms with Crippen LogP contribution in [0.3, 0.4) is 0 Å². The Morgan fingerprint density at radius 1 is 1.35 bits per heavy atom. The third-order valence-electron chi connectivity index (χ3n) is 2.75. The van der Waals surface area contributed by atoms with E-state index in [0.29, 0.717) is 0 Å². The van der Waals surface area contributed by atoms with Gasteiger partial charge in [0.05, 0.1) is 10.5 Å². The zero-order chi connectivity index (χ0) is 12.3. The highest BCUT2D eigenvalue weighted by Gasteiger charge is 2.06. The van der Waals surface area contributed by atoms with Crippen LogP contribution in [0.25, 0.3) is 10.9 Å². The van der Waals surface area contributed by atoms with E-state index >= 15 is 0 Å². The number of nitrogens with one attached hydrogen (secondary N) is 1. The van der Waals surface area contributed by atoms with Gasteiger partial charge in [0.25, 0.3) is 0 Å². The maximum Gasteiger partial charge on any atom is 0.0894 e. The Hall–Kier alpha value is -1.12. The van der Waals surface area contributed by atoms with Crippen LogP contribution >= 0.6 is 11.6 Å². The van der Waals surface area contributed by atoms with Crippen molar-refractivity contribution in [2.24, 2.45) is 0 Å². The predicted molar refractivity (Wildman–Crippen MR) is 73.5 cm³/mol. The van der Waals surface area contributed by atoms with Crippen molar-refractivity contribution in [3.8, 4) is 0 Å². The number of hydrogen-bond donors (Lipinski definition) is 1. The summed E-state index contributed by atoms with van der Waals surface area (Å²) in [5.74, 6) is 0. The van der Waals surface area contributed by atoms with Gasteiger partial charge in [-0.2, -0.15) is 0 Å². The van der Waals surface area contributed by atoms with Crippen molar-refractivity contribution in [2.45, 2.75) is 26.8 Å². The van der Waals surface area contributed by atoms with Crippen LogP contribution in [0.1, 0.15) is 24.6 Å². The fourth-order valence-corrected chi connectivity index (χ4v) is 2.19. The molecule has 1 heterocycles. The number of para-hydroxylation sites is 1. The van der Waals surface area contributed by atoms with Crippen LogP contribution in [-0.2, 0) is 6.54 Å². The molecule has 90 valence electrons. The molecule has 2 rings (SSSR count). The number of fused-ring (bicyclic) bond motifs is 1. The Balaban J connectivity index is 2.43. The first kappa shape index (κ1) is 12.3. The highest BCUT2D eigenvalue weighted by atomic mass is 35.5. The highest BCUT2D eigenvalue weighted by Crippen LogP contribution is 2.24. The van der Waals surface area contributed by atoms with E-state index in [1.54, 1.807) is 0 Å². The average Bonchev–Trinajstić information content (AvgIpc) is 2.31. The lowest BCUT2D eigenvalue weighted by molar-refractivity contribution is 0.677. The summed E-state index contributed by atoms with van der Waals surface area (Å²) in [7, 11) is 0. The molecule has 3 heteroatoms. The molecule has 0 spiro atoms. The van der Waals surface area contributed by atoms with Crippen molar-refractivity contribution in [3.63, 3.8) is 0 Å². The molecule has 0 aliphatic rings. The first-order valence-electron chi connectivity index (χ1n) is 5.98. The van der Waals surface area contributed by atoms with Gasteiger partial charge in [-0.15, -0.1) is 0 Å². The summed E-state index contributed by atoms with van der Waals surface area (Å²) in [6.45, 7) is 6.07. The first-order valence-corrected chi connectivity index (χ1v) is 6.35. The average molecular weight is 249 g/mol. The third kappa shape index (κ3) is 2.76. The van der Waals surface area contributed by atoms with Crippen LogP contribution in [0.4, 0.5) is 0 Å². The molecular formula is C14H17ClN2. The second kappa shape index (κ2) is 5.48. The van der Waals surface area contributed by atoms with Crippen molar-refractivity contribution in [3.05, 3.63) is 40.5 Å². The second-order valence-corrected chi connectivity index (χ2v) is 4.64. The van der Waals surface area contributed by atoms with Gasteiger partial charge in [0, 0.05) is 17.6 Å². The number of aryl methyl sites for hydroxylation is 1. The minimum Gasteiger partial charge on any atom is -0.313 e. The Bertz CT molecular complexity index is 523. The van der Waals surface area contributed by atoms with Crippen molar-refractivity contribution in [1.29, 1.82) is 0 Å². The van der Waals surface area contributed by atoms with Gasteiger partial charge >= 0.3 is 0 Å². The first-order chi connectivity index (χ1) is 8.22. The van der Waals surface area contributed by atoms with Crippen molar-refractivity contribution >= 4 is 22.5 Å². The molecule has 0 amide bonds. The quantitative estimate of drug-likeness (QED) is 0.835. The summed E-state index contributed by atoms with van der Waals surface area (Å²) in [5.41, 5.74) is 3.19. The van der Waals surface area contributed by atoms with Crippen LogP contribution in [0.5, 0.6) is 0 Å². The fourth-order valence-electron chi connectivity index (χ4n) is 1.97. The van der Waals surface area contributed by atoms with E-state index in [9.17, 15) is 0 Å². The molecule has 17 heavy (non-hydrogen) atoms. The largest absolute Gasteiger partial charge is 0.313 e. The highest BCUT2D eigenvalue weighted by molar-refractivity contribution is 6.35. The molecule has 0 bridgehead atoms. The van der Waals surface area contributed by atoms with Gasteiger partial charge in [-0.1, -0.05) is 30.7 Å². The van der Waals surface area contributed by atoms with Gasteiger partial charge in [-0.3, -0.25) is 4.98 Å². The standard InChI is InChI=1S/C14H17ClN2/c1-3-7-16-9-11-8-10(2)17-14-12(11)5-4-6-13(14)15/h4-6,8,16H,3,7,9H2,1-2H3. The van der Waals surface area contributed by atoms with Crippen LogP contribution in [0.15, 0.2) is 24.3 Å². The van der Waals surface area contributed by atoms with E-state index in [4.69, 9.17) is 11.6 Å². The summed E-state index contributed by atoms with van der Waals surface area (Å²) in [6.07, 6.45) is 1.14. The molecule has 1 aromatic carbocycles. The molecular weight excluding hydrogens is 232 g/mol. The molecule has 0 radical (unpaired) electrons. The SMILES string of the molecule is CCCNCc1cc(C)nc2c(Cl)cccc12. The number of aromatic nitrogens is 1. The molecule has 2 nitrogen and oxygen atoms in total. The zero-order valence-corrected chi connectivity index (χ0v) is 11.0. The van der Waals surface area contributed by atoms with E-state index in [-0.39, 0.29) is 0 Å². The van der Waals surface area contributed by atoms with E-state index in [2.05, 4.69) is 29.4 Å². The Morgan fingerprint density at radius 2 is 2.18 bits per heavy atom. The molecule has 0 saturated carbocycles. The van der Waals surface area contributed by atoms with Gasteiger partial charge in [0.1, 0.15) is 0 Å². The lowest BCUT2D eigenvalue weighted by atomic mass is 10.1. The number of rotatable bonds is 4. The molecule has 0 atom stereocenters. The summed E-state index contributed by atoms with van der Waals surface area (Å²) >= 11 is 6.18. The Kier molecular flexibility index (Phi) is 3.97. The summed E-state index contributed by atoms with van der Waals surface area (Å²) < 4.78 is 0. The van der Waals surface area contributed by atoms with E-state index in [1.165, 1.54) is 5.56 Å². The number of pyridine rings is 1. The number of nitrogens with zero attached hydrogens (tertiary/aromatic N) is 1. The van der Waals surface area contributed by atoms with E-state index < -0.39 is 0 Å². The molecule has 0 aliphatic heterocycles. The number of benzene rings is 1. The van der Waals surface area contributed by atoms with Crippen LogP contribution < -0.4 is 5.32 Å². The van der Waals surface area contributed by atoms with Gasteiger partial charge in [-0.25, -0.2) is 0 Å². The number of hydrogen-bond acceptors (Lipinski definition) is 2. The van der Waals surface area contributed by atoms with E-state index in [1.807, 2.05) is 19.1 Å². The molecule has 0 aliphatic carbocycles. The fraction of sp³-hybridized carbons (Fsp3) is 0.357. The molecule has 1 N–H and O–H groups in total. The lowest BCUT2D eigenvalue weighted by Crippen LogP contribution is -2.14. The predicted octanol–water partition coefficient (Wildman–Crippen LogP) is 3.70. The van der Waals surface area contributed by atoms with Crippen molar-refractivity contribution < 1.29 is 0 Å². The van der Waals surface area contributed by atoms with Crippen LogP contribution in [-0.4, -0.2) is 11.5 Å². The minimum absolute atomic E-state index is 0.725. The van der Waals surface area contributed by atoms with Gasteiger partial charge in [0.15, 0.2) is 0 Å². The molecule has 0 unspecified atom stereocenters. The van der Waals surface area contributed by atoms with Crippen LogP contribution in [0, 0.1) is 6.92 Å². The number of halogens is 1. The van der Waals surface area contributed by atoms with Gasteiger partial charge in [-0.05, 0) is 37.6 Å². The monoisotopic (exact) mass is 248 g/mol. The molecule has 1 aromatic heterocycles. The van der Waals surface area contributed by atoms with E-state index in [0.717, 1.165) is 41.1 Å². The van der Waals surface area contributed by atoms with Crippen molar-refractivity contribution in [2.75, 3.05) is 6.54 Å². The summed E-state index contributed by atoms with van der Waals surface area (Å²) in [5, 5.41) is 5.29. The topological polar surface area (TPSA) is 24.9 Å². The molecule has 0 fully saturated rings. The van der Waals surface area contributed by atoms with Crippen molar-refractivity contribution in [1.82, 2.24) is 10.3 Å². The Morgan fingerprint density at radius 3 is 2.94 bits per heavy atom. The summed E-state index contributed by atoms with van der Waals surface area (Å²) in [6, 6.07) is 8.07. The minimum atomic E-state index is 0.725. The molecule has 0 saturated heterocycles. The maximum atomic E-state index is 6.18. The zero-order valence-electron chi connectivity index (χ0n) is 10.3. The van der Waals surface area contributed by atoms with Gasteiger partial charge in [0.2, 0.25) is 0 Å². The molecule has 2 aromatic rings. The van der Waals surface area contributed by atoms with Crippen LogP contribution in [0.2, 0.25) is 5.02 Å². The maximum absolute atomic E-state index is 6.18. The normalized spacial score (nSPS) is 11.0. The third-order valence-corrected chi connectivity index (χ3v) is 3.05. The summed E-state index contributed by atoms with van der Waals surface area (Å²) in [4.78, 5) is 4.50. The smallest absolute Gasteiger partial charge is 0.0894 e. The lowest BCUT2D eigenvalue weighted by Gasteiger charge is -2.09. The Labute approximate surface area is 107 Å².